The van der Waals surface area contributed by atoms with Gasteiger partial charge in [-0.05, 0) is 67.6 Å². The normalized spacial score (nSPS) is 43.5. The number of hydrogen-bond acceptors (Lipinski definition) is 4. The van der Waals surface area contributed by atoms with Gasteiger partial charge in [0.15, 0.2) is 0 Å². The summed E-state index contributed by atoms with van der Waals surface area (Å²) < 4.78 is 0. The Balaban J connectivity index is 1.69. The van der Waals surface area contributed by atoms with Crippen LogP contribution >= 0.6 is 0 Å². The van der Waals surface area contributed by atoms with Crippen molar-refractivity contribution in [2.45, 2.75) is 71.2 Å². The minimum atomic E-state index is -3.21. The fourth-order valence-electron chi connectivity index (χ4n) is 6.70. The molecule has 0 aromatic carbocycles. The van der Waals surface area contributed by atoms with Gasteiger partial charge < -0.3 is 15.3 Å². The first-order valence-corrected chi connectivity index (χ1v) is 9.80. The van der Waals surface area contributed by atoms with Gasteiger partial charge in [-0.15, -0.1) is 0 Å². The predicted molar refractivity (Wildman–Crippen MR) is 94.2 cm³/mol. The SMILES string of the molecule is C[C@]12CC[C@H]3C(=CC=C4CCCC[C@@]43C)[C@@H]1CC[C@@H]2C(=O)C(O)(O)O. The molecule has 4 aliphatic carbocycles. The van der Waals surface area contributed by atoms with E-state index in [0.717, 1.165) is 19.3 Å². The molecule has 5 atom stereocenters. The van der Waals surface area contributed by atoms with Crippen molar-refractivity contribution in [1.82, 2.24) is 0 Å². The van der Waals surface area contributed by atoms with Crippen LogP contribution in [0.3, 0.4) is 0 Å². The van der Waals surface area contributed by atoms with E-state index in [9.17, 15) is 20.1 Å². The van der Waals surface area contributed by atoms with Gasteiger partial charge in [-0.2, -0.15) is 0 Å². The first kappa shape index (κ1) is 17.4. The molecular formula is C21H30O4. The zero-order valence-electron chi connectivity index (χ0n) is 15.3. The summed E-state index contributed by atoms with van der Waals surface area (Å²) in [5, 5.41) is 28.2. The maximum atomic E-state index is 12.4. The molecule has 0 bridgehead atoms. The van der Waals surface area contributed by atoms with Crippen molar-refractivity contribution in [3.63, 3.8) is 0 Å². The molecule has 4 nitrogen and oxygen atoms in total. The Morgan fingerprint density at radius 1 is 1.04 bits per heavy atom. The molecule has 4 heteroatoms. The summed E-state index contributed by atoms with van der Waals surface area (Å²) >= 11 is 0. The highest BCUT2D eigenvalue weighted by molar-refractivity contribution is 5.87. The second kappa shape index (κ2) is 5.51. The van der Waals surface area contributed by atoms with E-state index in [0.29, 0.717) is 18.3 Å². The second-order valence-corrected chi connectivity index (χ2v) is 9.26. The molecule has 3 fully saturated rings. The summed E-state index contributed by atoms with van der Waals surface area (Å²) in [7, 11) is 0. The quantitative estimate of drug-likeness (QED) is 0.672. The maximum Gasteiger partial charge on any atom is 0.339 e. The van der Waals surface area contributed by atoms with E-state index in [-0.39, 0.29) is 10.8 Å². The third-order valence-corrected chi connectivity index (χ3v) is 8.13. The molecule has 138 valence electrons. The molecule has 0 saturated heterocycles. The number of carbonyl (C=O) groups excluding carboxylic acids is 1. The van der Waals surface area contributed by atoms with Crippen LogP contribution in [-0.4, -0.2) is 27.1 Å². The predicted octanol–water partition coefficient (Wildman–Crippen LogP) is 3.08. The highest BCUT2D eigenvalue weighted by Gasteiger charge is 2.59. The van der Waals surface area contributed by atoms with E-state index in [2.05, 4.69) is 26.0 Å². The Morgan fingerprint density at radius 2 is 1.80 bits per heavy atom. The Labute approximate surface area is 149 Å². The molecular weight excluding hydrogens is 316 g/mol. The Morgan fingerprint density at radius 3 is 2.52 bits per heavy atom. The molecule has 4 rings (SSSR count). The first-order valence-electron chi connectivity index (χ1n) is 9.80. The van der Waals surface area contributed by atoms with Crippen LogP contribution in [0.25, 0.3) is 0 Å². The lowest BCUT2D eigenvalue weighted by Crippen LogP contribution is -2.50. The summed E-state index contributed by atoms with van der Waals surface area (Å²) in [6.07, 6.45) is 13.2. The van der Waals surface area contributed by atoms with Gasteiger partial charge in [0, 0.05) is 5.92 Å². The molecule has 4 aliphatic rings. The molecule has 25 heavy (non-hydrogen) atoms. The van der Waals surface area contributed by atoms with Gasteiger partial charge >= 0.3 is 5.97 Å². The zero-order chi connectivity index (χ0) is 18.0. The van der Waals surface area contributed by atoms with Crippen molar-refractivity contribution >= 4 is 5.78 Å². The summed E-state index contributed by atoms with van der Waals surface area (Å²) in [5.74, 6) is -3.65. The van der Waals surface area contributed by atoms with E-state index < -0.39 is 17.7 Å². The molecule has 3 N–H and O–H groups in total. The Kier molecular flexibility index (Phi) is 3.85. The molecule has 0 spiro atoms. The Hall–Kier alpha value is -0.970. The van der Waals surface area contributed by atoms with Gasteiger partial charge in [0.1, 0.15) is 0 Å². The molecule has 0 aromatic heterocycles. The summed E-state index contributed by atoms with van der Waals surface area (Å²) in [6.45, 7) is 4.54. The van der Waals surface area contributed by atoms with Crippen LogP contribution in [0.1, 0.15) is 65.2 Å². The standard InChI is InChI=1S/C21H30O4/c1-19-11-4-3-5-13(19)6-7-14-15-8-9-17(18(22)21(23,24)25)20(15,2)12-10-16(14)19/h6-7,15-17,23-25H,3-5,8-12H2,1-2H3/t15-,16-,17+,19-,20-/m0/s1. The van der Waals surface area contributed by atoms with E-state index in [1.54, 1.807) is 5.57 Å². The molecule has 0 aliphatic heterocycles. The van der Waals surface area contributed by atoms with Crippen LogP contribution in [0, 0.1) is 28.6 Å². The van der Waals surface area contributed by atoms with Crippen molar-refractivity contribution < 1.29 is 20.1 Å². The third-order valence-electron chi connectivity index (χ3n) is 8.13. The number of hydrogen-bond donors (Lipinski definition) is 3. The topological polar surface area (TPSA) is 77.8 Å². The van der Waals surface area contributed by atoms with Gasteiger partial charge in [0.2, 0.25) is 5.78 Å². The van der Waals surface area contributed by atoms with Gasteiger partial charge in [0.05, 0.1) is 0 Å². The average Bonchev–Trinajstić information content (AvgIpc) is 2.89. The number of allylic oxidation sites excluding steroid dienone is 4. The van der Waals surface area contributed by atoms with Crippen LogP contribution < -0.4 is 0 Å². The lowest BCUT2D eigenvalue weighted by molar-refractivity contribution is -0.291. The number of ketones is 1. The molecule has 0 radical (unpaired) electrons. The number of fused-ring (bicyclic) bond motifs is 5. The van der Waals surface area contributed by atoms with Gasteiger partial charge in [-0.25, -0.2) is 0 Å². The third kappa shape index (κ3) is 2.41. The lowest BCUT2D eigenvalue weighted by Gasteiger charge is -2.54. The van der Waals surface area contributed by atoms with Crippen LogP contribution in [0.15, 0.2) is 23.3 Å². The molecule has 3 saturated carbocycles. The summed E-state index contributed by atoms with van der Waals surface area (Å²) in [4.78, 5) is 12.4. The molecule has 0 amide bonds. The minimum Gasteiger partial charge on any atom is -0.337 e. The molecule has 0 aromatic rings. The van der Waals surface area contributed by atoms with Crippen LogP contribution in [0.4, 0.5) is 0 Å². The van der Waals surface area contributed by atoms with E-state index in [1.165, 1.54) is 31.3 Å². The van der Waals surface area contributed by atoms with Crippen molar-refractivity contribution in [2.24, 2.45) is 28.6 Å². The van der Waals surface area contributed by atoms with Crippen LogP contribution in [0.2, 0.25) is 0 Å². The van der Waals surface area contributed by atoms with Crippen LogP contribution in [0.5, 0.6) is 0 Å². The van der Waals surface area contributed by atoms with Crippen molar-refractivity contribution in [2.75, 3.05) is 0 Å². The number of aliphatic hydroxyl groups is 3. The monoisotopic (exact) mass is 346 g/mol. The van der Waals surface area contributed by atoms with Crippen molar-refractivity contribution in [1.29, 1.82) is 0 Å². The largest absolute Gasteiger partial charge is 0.339 e. The number of Topliss-reactive ketones (excluding diaryl/α,β-unsaturated/α-hetero) is 1. The second-order valence-electron chi connectivity index (χ2n) is 9.26. The summed E-state index contributed by atoms with van der Waals surface area (Å²) in [6, 6.07) is 0. The van der Waals surface area contributed by atoms with Crippen molar-refractivity contribution in [3.8, 4) is 0 Å². The lowest BCUT2D eigenvalue weighted by atomic mass is 9.50. The van der Waals surface area contributed by atoms with Crippen LogP contribution in [-0.2, 0) is 4.79 Å². The zero-order valence-corrected chi connectivity index (χ0v) is 15.3. The highest BCUT2D eigenvalue weighted by Crippen LogP contribution is 2.65. The fourth-order valence-corrected chi connectivity index (χ4v) is 6.70. The number of rotatable bonds is 2. The van der Waals surface area contributed by atoms with Gasteiger partial charge in [-0.3, -0.25) is 4.79 Å². The minimum absolute atomic E-state index is 0.264. The van der Waals surface area contributed by atoms with Gasteiger partial charge in [0.25, 0.3) is 0 Å². The van der Waals surface area contributed by atoms with Gasteiger partial charge in [-0.1, -0.05) is 43.6 Å². The average molecular weight is 346 g/mol. The smallest absolute Gasteiger partial charge is 0.337 e. The molecule has 0 unspecified atom stereocenters. The Bertz CT molecular complexity index is 655. The molecule has 0 heterocycles. The fraction of sp³-hybridized carbons (Fsp3) is 0.762. The van der Waals surface area contributed by atoms with E-state index in [1.807, 2.05) is 0 Å². The summed E-state index contributed by atoms with van der Waals surface area (Å²) in [5.41, 5.74) is 3.05. The number of carbonyl (C=O) groups is 1. The highest BCUT2D eigenvalue weighted by atomic mass is 16.7. The van der Waals surface area contributed by atoms with E-state index in [4.69, 9.17) is 0 Å². The van der Waals surface area contributed by atoms with Crippen molar-refractivity contribution in [3.05, 3.63) is 23.3 Å². The maximum absolute atomic E-state index is 12.4. The van der Waals surface area contributed by atoms with E-state index >= 15 is 0 Å². The first-order chi connectivity index (χ1) is 11.7.